The Balaban J connectivity index is 0.00000121. The molecule has 0 amide bonds. The Morgan fingerprint density at radius 2 is 2.00 bits per heavy atom. The smallest absolute Gasteiger partial charge is 0.0483 e. The van der Waals surface area contributed by atoms with Gasteiger partial charge in [0.05, 0.1) is 0 Å². The summed E-state index contributed by atoms with van der Waals surface area (Å²) in [6, 6.07) is 0. The van der Waals surface area contributed by atoms with Crippen LogP contribution in [0.5, 0.6) is 0 Å². The van der Waals surface area contributed by atoms with Crippen molar-refractivity contribution in [3.63, 3.8) is 0 Å². The largest absolute Gasteiger partial charge is 0.385 e. The molecular weight excluding hydrogens is 178 g/mol. The molecule has 0 aromatic rings. The third-order valence-electron chi connectivity index (χ3n) is 2.29. The fourth-order valence-corrected chi connectivity index (χ4v) is 1.33. The van der Waals surface area contributed by atoms with Crippen LogP contribution in [-0.2, 0) is 9.47 Å². The molecule has 0 aromatic carbocycles. The highest BCUT2D eigenvalue weighted by Gasteiger charge is 2.27. The first-order chi connectivity index (χ1) is 5.27. The molecule has 1 saturated heterocycles. The van der Waals surface area contributed by atoms with E-state index < -0.39 is 0 Å². The maximum Gasteiger partial charge on any atom is 0.0483 e. The van der Waals surface area contributed by atoms with Gasteiger partial charge in [-0.2, -0.15) is 0 Å². The number of nitrogens with two attached hydrogens (primary N) is 1. The van der Waals surface area contributed by atoms with E-state index in [0.29, 0.717) is 0 Å². The zero-order valence-electron chi connectivity index (χ0n) is 7.54. The molecule has 3 nitrogen and oxygen atoms in total. The number of methoxy groups -OCH3 is 1. The van der Waals surface area contributed by atoms with E-state index in [1.54, 1.807) is 7.11 Å². The van der Waals surface area contributed by atoms with Gasteiger partial charge < -0.3 is 15.2 Å². The van der Waals surface area contributed by atoms with Gasteiger partial charge in [-0.05, 0) is 19.3 Å². The Kier molecular flexibility index (Phi) is 5.84. The molecule has 0 bridgehead atoms. The van der Waals surface area contributed by atoms with E-state index in [1.165, 1.54) is 0 Å². The highest BCUT2D eigenvalue weighted by molar-refractivity contribution is 5.85. The van der Waals surface area contributed by atoms with Gasteiger partial charge in [0.25, 0.3) is 0 Å². The van der Waals surface area contributed by atoms with Crippen LogP contribution in [0.25, 0.3) is 0 Å². The van der Waals surface area contributed by atoms with E-state index in [-0.39, 0.29) is 17.9 Å². The summed E-state index contributed by atoms with van der Waals surface area (Å²) in [4.78, 5) is 0. The van der Waals surface area contributed by atoms with Crippen LogP contribution in [0.15, 0.2) is 0 Å². The van der Waals surface area contributed by atoms with Gasteiger partial charge >= 0.3 is 0 Å². The minimum absolute atomic E-state index is 0. The van der Waals surface area contributed by atoms with Gasteiger partial charge in [0.2, 0.25) is 0 Å². The van der Waals surface area contributed by atoms with Crippen molar-refractivity contribution >= 4 is 12.4 Å². The zero-order valence-corrected chi connectivity index (χ0v) is 8.36. The van der Waals surface area contributed by atoms with Gasteiger partial charge in [-0.1, -0.05) is 0 Å². The Hall–Kier alpha value is 0.170. The predicted octanol–water partition coefficient (Wildman–Crippen LogP) is 0.953. The Morgan fingerprint density at radius 3 is 2.50 bits per heavy atom. The third-order valence-corrected chi connectivity index (χ3v) is 2.29. The fraction of sp³-hybridized carbons (Fsp3) is 1.00. The Morgan fingerprint density at radius 1 is 1.42 bits per heavy atom. The SMILES string of the molecule is COCCC1(N)CCOCC1.Cl. The van der Waals surface area contributed by atoms with E-state index in [0.717, 1.165) is 39.1 Å². The minimum atomic E-state index is -0.0196. The maximum absolute atomic E-state index is 6.09. The van der Waals surface area contributed by atoms with Crippen LogP contribution < -0.4 is 5.73 Å². The van der Waals surface area contributed by atoms with Crippen LogP contribution in [0.2, 0.25) is 0 Å². The van der Waals surface area contributed by atoms with Crippen LogP contribution in [0.1, 0.15) is 19.3 Å². The summed E-state index contributed by atoms with van der Waals surface area (Å²) in [6.07, 6.45) is 2.89. The molecule has 2 N–H and O–H groups in total. The molecule has 4 heteroatoms. The lowest BCUT2D eigenvalue weighted by Crippen LogP contribution is -2.45. The summed E-state index contributed by atoms with van der Waals surface area (Å²) in [6.45, 7) is 2.37. The highest BCUT2D eigenvalue weighted by Crippen LogP contribution is 2.20. The van der Waals surface area contributed by atoms with E-state index in [1.807, 2.05) is 0 Å². The second kappa shape index (κ2) is 5.75. The molecule has 0 spiro atoms. The molecule has 0 aliphatic carbocycles. The minimum Gasteiger partial charge on any atom is -0.385 e. The van der Waals surface area contributed by atoms with Gasteiger partial charge in [0, 0.05) is 32.5 Å². The average molecular weight is 196 g/mol. The summed E-state index contributed by atoms with van der Waals surface area (Å²) >= 11 is 0. The summed E-state index contributed by atoms with van der Waals surface area (Å²) in [5.41, 5.74) is 6.07. The molecule has 0 saturated carbocycles. The van der Waals surface area contributed by atoms with E-state index in [4.69, 9.17) is 15.2 Å². The van der Waals surface area contributed by atoms with Crippen molar-refractivity contribution in [2.75, 3.05) is 26.9 Å². The average Bonchev–Trinajstić information content (AvgIpc) is 2.03. The van der Waals surface area contributed by atoms with Crippen LogP contribution in [0, 0.1) is 0 Å². The molecule has 1 heterocycles. The lowest BCUT2D eigenvalue weighted by molar-refractivity contribution is 0.0397. The molecular formula is C8H18ClNO2. The summed E-state index contributed by atoms with van der Waals surface area (Å²) in [5, 5.41) is 0. The van der Waals surface area contributed by atoms with Gasteiger partial charge in [-0.3, -0.25) is 0 Å². The standard InChI is InChI=1S/C8H17NO2.ClH/c1-10-5-2-8(9)3-6-11-7-4-8;/h2-7,9H2,1H3;1H. The number of hydrogen-bond acceptors (Lipinski definition) is 3. The van der Waals surface area contributed by atoms with Crippen molar-refractivity contribution in [1.29, 1.82) is 0 Å². The van der Waals surface area contributed by atoms with Crippen molar-refractivity contribution in [3.05, 3.63) is 0 Å². The first kappa shape index (κ1) is 12.2. The second-order valence-electron chi connectivity index (χ2n) is 3.22. The molecule has 1 aliphatic rings. The normalized spacial score (nSPS) is 21.5. The fourth-order valence-electron chi connectivity index (χ4n) is 1.33. The molecule has 1 rings (SSSR count). The van der Waals surface area contributed by atoms with Crippen molar-refractivity contribution in [2.45, 2.75) is 24.8 Å². The molecule has 12 heavy (non-hydrogen) atoms. The molecule has 0 unspecified atom stereocenters. The highest BCUT2D eigenvalue weighted by atomic mass is 35.5. The second-order valence-corrected chi connectivity index (χ2v) is 3.22. The van der Waals surface area contributed by atoms with Gasteiger partial charge in [-0.25, -0.2) is 0 Å². The summed E-state index contributed by atoms with van der Waals surface area (Å²) in [7, 11) is 1.71. The van der Waals surface area contributed by atoms with Gasteiger partial charge in [-0.15, -0.1) is 12.4 Å². The van der Waals surface area contributed by atoms with Crippen LogP contribution >= 0.6 is 12.4 Å². The predicted molar refractivity (Wildman–Crippen MR) is 50.7 cm³/mol. The van der Waals surface area contributed by atoms with Crippen molar-refractivity contribution in [2.24, 2.45) is 5.73 Å². The quantitative estimate of drug-likeness (QED) is 0.730. The van der Waals surface area contributed by atoms with Crippen LogP contribution in [0.4, 0.5) is 0 Å². The molecule has 1 aliphatic heterocycles. The van der Waals surface area contributed by atoms with E-state index in [2.05, 4.69) is 0 Å². The van der Waals surface area contributed by atoms with Crippen molar-refractivity contribution in [3.8, 4) is 0 Å². The monoisotopic (exact) mass is 195 g/mol. The van der Waals surface area contributed by atoms with E-state index in [9.17, 15) is 0 Å². The van der Waals surface area contributed by atoms with Crippen LogP contribution in [-0.4, -0.2) is 32.5 Å². The van der Waals surface area contributed by atoms with E-state index >= 15 is 0 Å². The maximum atomic E-state index is 6.09. The third kappa shape index (κ3) is 3.72. The number of rotatable bonds is 3. The number of hydrogen-bond donors (Lipinski definition) is 1. The molecule has 74 valence electrons. The molecule has 1 fully saturated rings. The number of ether oxygens (including phenoxy) is 2. The lowest BCUT2D eigenvalue weighted by atomic mass is 9.88. The zero-order chi connectivity index (χ0) is 8.16. The van der Waals surface area contributed by atoms with Gasteiger partial charge in [0.1, 0.15) is 0 Å². The molecule has 0 radical (unpaired) electrons. The topological polar surface area (TPSA) is 44.5 Å². The first-order valence-electron chi connectivity index (χ1n) is 4.12. The first-order valence-corrected chi connectivity index (χ1v) is 4.12. The molecule has 0 atom stereocenters. The Labute approximate surface area is 80.0 Å². The van der Waals surface area contributed by atoms with Crippen molar-refractivity contribution < 1.29 is 9.47 Å². The Bertz CT molecular complexity index is 116. The summed E-state index contributed by atoms with van der Waals surface area (Å²) < 4.78 is 10.2. The van der Waals surface area contributed by atoms with Gasteiger partial charge in [0.15, 0.2) is 0 Å². The van der Waals surface area contributed by atoms with Crippen molar-refractivity contribution in [1.82, 2.24) is 0 Å². The molecule has 0 aromatic heterocycles. The summed E-state index contributed by atoms with van der Waals surface area (Å²) in [5.74, 6) is 0. The number of halogens is 1. The lowest BCUT2D eigenvalue weighted by Gasteiger charge is -2.33. The van der Waals surface area contributed by atoms with Crippen LogP contribution in [0.3, 0.4) is 0 Å².